The van der Waals surface area contributed by atoms with Crippen molar-refractivity contribution in [3.8, 4) is 0 Å². The predicted molar refractivity (Wildman–Crippen MR) is 82.1 cm³/mol. The van der Waals surface area contributed by atoms with Gasteiger partial charge in [-0.1, -0.05) is 57.2 Å². The Balaban J connectivity index is 2.32. The van der Waals surface area contributed by atoms with Crippen molar-refractivity contribution in [2.24, 2.45) is 11.3 Å². The fourth-order valence-corrected chi connectivity index (χ4v) is 1.80. The third-order valence-corrected chi connectivity index (χ3v) is 3.12. The molecular weight excluding hydrogens is 234 g/mol. The molecule has 1 N–H and O–H groups in total. The Morgan fingerprint density at radius 2 is 2.00 bits per heavy atom. The van der Waals surface area contributed by atoms with E-state index in [1.807, 2.05) is 24.3 Å². The molecule has 2 nitrogen and oxygen atoms in total. The molecule has 0 spiro atoms. The van der Waals surface area contributed by atoms with Gasteiger partial charge in [0.15, 0.2) is 0 Å². The van der Waals surface area contributed by atoms with E-state index in [1.165, 1.54) is 5.56 Å². The smallest absolute Gasteiger partial charge is 0.0717 e. The maximum absolute atomic E-state index is 5.82. The number of rotatable bonds is 9. The number of benzene rings is 1. The summed E-state index contributed by atoms with van der Waals surface area (Å²) in [7, 11) is 0. The van der Waals surface area contributed by atoms with Gasteiger partial charge in [0.2, 0.25) is 0 Å². The summed E-state index contributed by atoms with van der Waals surface area (Å²) in [5.41, 5.74) is 1.20. The van der Waals surface area contributed by atoms with E-state index < -0.39 is 0 Å². The molecule has 1 aromatic carbocycles. The maximum Gasteiger partial charge on any atom is 0.0717 e. The summed E-state index contributed by atoms with van der Waals surface area (Å²) in [6.07, 6.45) is 1.99. The number of nitrogens with one attached hydrogen (secondary N) is 1. The minimum Gasteiger partial charge on any atom is -0.376 e. The molecule has 0 aliphatic heterocycles. The molecule has 1 atom stereocenters. The molecule has 0 amide bonds. The minimum absolute atomic E-state index is 0.0102. The third-order valence-electron chi connectivity index (χ3n) is 3.12. The monoisotopic (exact) mass is 261 g/mol. The Morgan fingerprint density at radius 3 is 2.58 bits per heavy atom. The van der Waals surface area contributed by atoms with Crippen LogP contribution in [-0.2, 0) is 11.3 Å². The SMILES string of the molecule is C=CC(C)(CNCC(C)C)COCc1ccccc1. The quantitative estimate of drug-likeness (QED) is 0.685. The summed E-state index contributed by atoms with van der Waals surface area (Å²) < 4.78 is 5.82. The summed E-state index contributed by atoms with van der Waals surface area (Å²) in [6.45, 7) is 13.8. The molecule has 106 valence electrons. The zero-order valence-corrected chi connectivity index (χ0v) is 12.5. The summed E-state index contributed by atoms with van der Waals surface area (Å²) in [4.78, 5) is 0. The zero-order chi connectivity index (χ0) is 14.1. The molecular formula is C17H27NO. The van der Waals surface area contributed by atoms with E-state index in [1.54, 1.807) is 0 Å². The Morgan fingerprint density at radius 1 is 1.32 bits per heavy atom. The highest BCUT2D eigenvalue weighted by Gasteiger charge is 2.20. The lowest BCUT2D eigenvalue weighted by Gasteiger charge is -2.26. The van der Waals surface area contributed by atoms with E-state index in [9.17, 15) is 0 Å². The summed E-state index contributed by atoms with van der Waals surface area (Å²) in [5.74, 6) is 0.666. The molecule has 0 aliphatic rings. The lowest BCUT2D eigenvalue weighted by Crippen LogP contribution is -2.35. The topological polar surface area (TPSA) is 21.3 Å². The molecule has 0 saturated carbocycles. The van der Waals surface area contributed by atoms with E-state index in [0.29, 0.717) is 19.1 Å². The van der Waals surface area contributed by atoms with Crippen molar-refractivity contribution in [2.45, 2.75) is 27.4 Å². The largest absolute Gasteiger partial charge is 0.376 e. The second-order valence-corrected chi connectivity index (χ2v) is 5.86. The molecule has 0 aliphatic carbocycles. The molecule has 1 unspecified atom stereocenters. The van der Waals surface area contributed by atoms with Crippen molar-refractivity contribution in [2.75, 3.05) is 19.7 Å². The Bertz CT molecular complexity index is 361. The first-order valence-electron chi connectivity index (χ1n) is 7.02. The molecule has 0 radical (unpaired) electrons. The Hall–Kier alpha value is -1.12. The van der Waals surface area contributed by atoms with Crippen LogP contribution in [0, 0.1) is 11.3 Å². The van der Waals surface area contributed by atoms with Crippen LogP contribution in [-0.4, -0.2) is 19.7 Å². The first kappa shape index (κ1) is 15.9. The van der Waals surface area contributed by atoms with Gasteiger partial charge in [-0.05, 0) is 18.0 Å². The van der Waals surface area contributed by atoms with Gasteiger partial charge in [-0.25, -0.2) is 0 Å². The van der Waals surface area contributed by atoms with Gasteiger partial charge >= 0.3 is 0 Å². The highest BCUT2D eigenvalue weighted by Crippen LogP contribution is 2.18. The van der Waals surface area contributed by atoms with Crippen LogP contribution < -0.4 is 5.32 Å². The lowest BCUT2D eigenvalue weighted by atomic mass is 9.92. The maximum atomic E-state index is 5.82. The van der Waals surface area contributed by atoms with E-state index in [0.717, 1.165) is 13.1 Å². The van der Waals surface area contributed by atoms with Crippen molar-refractivity contribution < 1.29 is 4.74 Å². The summed E-state index contributed by atoms with van der Waals surface area (Å²) in [6, 6.07) is 10.3. The van der Waals surface area contributed by atoms with Crippen molar-refractivity contribution in [1.82, 2.24) is 5.32 Å². The number of hydrogen-bond acceptors (Lipinski definition) is 2. The van der Waals surface area contributed by atoms with Crippen LogP contribution in [0.5, 0.6) is 0 Å². The van der Waals surface area contributed by atoms with Crippen LogP contribution >= 0.6 is 0 Å². The van der Waals surface area contributed by atoms with Crippen LogP contribution in [0.3, 0.4) is 0 Å². The van der Waals surface area contributed by atoms with Gasteiger partial charge in [0, 0.05) is 12.0 Å². The molecule has 0 saturated heterocycles. The molecule has 1 rings (SSSR count). The van der Waals surface area contributed by atoms with Gasteiger partial charge in [-0.15, -0.1) is 6.58 Å². The lowest BCUT2D eigenvalue weighted by molar-refractivity contribution is 0.0640. The first-order valence-corrected chi connectivity index (χ1v) is 7.02. The molecule has 2 heteroatoms. The van der Waals surface area contributed by atoms with E-state index >= 15 is 0 Å². The van der Waals surface area contributed by atoms with Crippen LogP contribution in [0.4, 0.5) is 0 Å². The van der Waals surface area contributed by atoms with Crippen molar-refractivity contribution >= 4 is 0 Å². The van der Waals surface area contributed by atoms with E-state index in [-0.39, 0.29) is 5.41 Å². The average Bonchev–Trinajstić information content (AvgIpc) is 2.39. The number of hydrogen-bond donors (Lipinski definition) is 1. The molecule has 0 fully saturated rings. The fraction of sp³-hybridized carbons (Fsp3) is 0.529. The van der Waals surface area contributed by atoms with Crippen LogP contribution in [0.15, 0.2) is 43.0 Å². The highest BCUT2D eigenvalue weighted by molar-refractivity contribution is 5.13. The van der Waals surface area contributed by atoms with Crippen molar-refractivity contribution in [3.05, 3.63) is 48.6 Å². The summed E-state index contributed by atoms with van der Waals surface area (Å²) in [5, 5.41) is 3.47. The van der Waals surface area contributed by atoms with E-state index in [4.69, 9.17) is 4.74 Å². The average molecular weight is 261 g/mol. The van der Waals surface area contributed by atoms with Gasteiger partial charge in [0.05, 0.1) is 13.2 Å². The van der Waals surface area contributed by atoms with Gasteiger partial charge in [0.25, 0.3) is 0 Å². The fourth-order valence-electron chi connectivity index (χ4n) is 1.80. The zero-order valence-electron chi connectivity index (χ0n) is 12.5. The van der Waals surface area contributed by atoms with Gasteiger partial charge in [0.1, 0.15) is 0 Å². The Labute approximate surface area is 117 Å². The summed E-state index contributed by atoms with van der Waals surface area (Å²) >= 11 is 0. The highest BCUT2D eigenvalue weighted by atomic mass is 16.5. The second-order valence-electron chi connectivity index (χ2n) is 5.86. The minimum atomic E-state index is -0.0102. The Kier molecular flexibility index (Phi) is 6.82. The molecule has 19 heavy (non-hydrogen) atoms. The van der Waals surface area contributed by atoms with E-state index in [2.05, 4.69) is 44.8 Å². The molecule has 0 aromatic heterocycles. The van der Waals surface area contributed by atoms with Gasteiger partial charge in [-0.3, -0.25) is 0 Å². The normalized spacial score (nSPS) is 14.3. The molecule has 0 heterocycles. The number of ether oxygens (including phenoxy) is 1. The van der Waals surface area contributed by atoms with Crippen LogP contribution in [0.25, 0.3) is 0 Å². The molecule has 1 aromatic rings. The van der Waals surface area contributed by atoms with Crippen LogP contribution in [0.2, 0.25) is 0 Å². The van der Waals surface area contributed by atoms with Crippen molar-refractivity contribution in [3.63, 3.8) is 0 Å². The first-order chi connectivity index (χ1) is 9.06. The third kappa shape index (κ3) is 6.55. The van der Waals surface area contributed by atoms with Crippen molar-refractivity contribution in [1.29, 1.82) is 0 Å². The predicted octanol–water partition coefficient (Wildman–Crippen LogP) is 3.64. The van der Waals surface area contributed by atoms with Crippen LogP contribution in [0.1, 0.15) is 26.3 Å². The molecule has 0 bridgehead atoms. The second kappa shape index (κ2) is 8.13. The standard InChI is InChI=1S/C17H27NO/c1-5-17(4,13-18-11-15(2)3)14-19-12-16-9-7-6-8-10-16/h5-10,15,18H,1,11-14H2,2-4H3. The van der Waals surface area contributed by atoms with Gasteiger partial charge in [-0.2, -0.15) is 0 Å². The van der Waals surface area contributed by atoms with Gasteiger partial charge < -0.3 is 10.1 Å².